The smallest absolute Gasteiger partial charge is 0.244 e. The lowest BCUT2D eigenvalue weighted by atomic mass is 10.1. The van der Waals surface area contributed by atoms with E-state index >= 15 is 0 Å². The summed E-state index contributed by atoms with van der Waals surface area (Å²) < 4.78 is 0. The van der Waals surface area contributed by atoms with Crippen LogP contribution in [0.25, 0.3) is 0 Å². The number of rotatable bonds is 2. The first-order valence-corrected chi connectivity index (χ1v) is 5.69. The molecule has 0 aliphatic carbocycles. The van der Waals surface area contributed by atoms with Crippen LogP contribution >= 0.6 is 0 Å². The normalized spacial score (nSPS) is 30.6. The van der Waals surface area contributed by atoms with Crippen LogP contribution < -0.4 is 5.32 Å². The number of aliphatic hydroxyl groups excluding tert-OH is 1. The number of hydrogen-bond acceptors (Lipinski definition) is 2. The number of allylic oxidation sites excluding steroid dienone is 3. The lowest BCUT2D eigenvalue weighted by Crippen LogP contribution is -2.30. The van der Waals surface area contributed by atoms with Gasteiger partial charge >= 0.3 is 0 Å². The highest BCUT2D eigenvalue weighted by molar-refractivity contribution is 5.88. The molecule has 1 aliphatic rings. The summed E-state index contributed by atoms with van der Waals surface area (Å²) in [6.07, 6.45) is 9.50. The highest BCUT2D eigenvalue weighted by Crippen LogP contribution is 2.12. The first kappa shape index (κ1) is 12.6. The molecule has 2 N–H and O–H groups in total. The van der Waals surface area contributed by atoms with Gasteiger partial charge in [0, 0.05) is 12.1 Å². The van der Waals surface area contributed by atoms with Crippen LogP contribution in [0.5, 0.6) is 0 Å². The van der Waals surface area contributed by atoms with E-state index in [2.05, 4.69) is 12.2 Å². The van der Waals surface area contributed by atoms with Crippen LogP contribution in [0.2, 0.25) is 0 Å². The molecule has 16 heavy (non-hydrogen) atoms. The van der Waals surface area contributed by atoms with Gasteiger partial charge in [-0.25, -0.2) is 0 Å². The number of nitrogens with one attached hydrogen (secondary N) is 1. The molecular formula is C13H19NO2. The molecule has 0 radical (unpaired) electrons. The van der Waals surface area contributed by atoms with Gasteiger partial charge in [0.2, 0.25) is 5.91 Å². The van der Waals surface area contributed by atoms with Crippen LogP contribution in [0, 0.1) is 0 Å². The van der Waals surface area contributed by atoms with Crippen LogP contribution in [0.15, 0.2) is 35.6 Å². The van der Waals surface area contributed by atoms with Gasteiger partial charge in [-0.3, -0.25) is 4.79 Å². The Labute approximate surface area is 96.5 Å². The summed E-state index contributed by atoms with van der Waals surface area (Å²) >= 11 is 0. The molecule has 0 aromatic heterocycles. The van der Waals surface area contributed by atoms with Crippen LogP contribution in [-0.4, -0.2) is 17.1 Å². The average Bonchev–Trinajstić information content (AvgIpc) is 2.16. The van der Waals surface area contributed by atoms with Crippen molar-refractivity contribution in [3.63, 3.8) is 0 Å². The number of carbonyl (C=O) groups excluding carboxylic acids is 1. The van der Waals surface area contributed by atoms with Gasteiger partial charge in [-0.1, -0.05) is 25.0 Å². The Morgan fingerprint density at radius 3 is 3.00 bits per heavy atom. The predicted octanol–water partition coefficient (Wildman–Crippen LogP) is 2.62. The van der Waals surface area contributed by atoms with E-state index in [1.165, 1.54) is 0 Å². The van der Waals surface area contributed by atoms with Crippen molar-refractivity contribution in [1.29, 1.82) is 0 Å². The Hall–Kier alpha value is -1.51. The van der Waals surface area contributed by atoms with E-state index in [0.717, 1.165) is 18.4 Å². The fourth-order valence-electron chi connectivity index (χ4n) is 1.69. The van der Waals surface area contributed by atoms with Crippen molar-refractivity contribution in [2.24, 2.45) is 0 Å². The first-order valence-electron chi connectivity index (χ1n) is 5.69. The molecule has 0 aromatic carbocycles. The van der Waals surface area contributed by atoms with E-state index in [1.54, 1.807) is 18.2 Å². The minimum atomic E-state index is -0.158. The average molecular weight is 221 g/mol. The summed E-state index contributed by atoms with van der Waals surface area (Å²) in [5, 5.41) is 12.3. The van der Waals surface area contributed by atoms with E-state index in [9.17, 15) is 9.90 Å². The monoisotopic (exact) mass is 221 g/mol. The zero-order valence-electron chi connectivity index (χ0n) is 9.86. The Balaban J connectivity index is 2.86. The second kappa shape index (κ2) is 6.16. The molecule has 3 nitrogen and oxygen atoms in total. The molecule has 0 spiro atoms. The number of amides is 1. The molecule has 1 aliphatic heterocycles. The van der Waals surface area contributed by atoms with Crippen LogP contribution in [0.4, 0.5) is 0 Å². The van der Waals surface area contributed by atoms with Gasteiger partial charge in [0.25, 0.3) is 0 Å². The molecule has 0 aromatic rings. The third-order valence-corrected chi connectivity index (χ3v) is 2.37. The van der Waals surface area contributed by atoms with Gasteiger partial charge in [0.05, 0.1) is 0 Å². The van der Waals surface area contributed by atoms with Crippen molar-refractivity contribution in [3.8, 4) is 0 Å². The van der Waals surface area contributed by atoms with Gasteiger partial charge < -0.3 is 10.4 Å². The molecule has 0 saturated heterocycles. The van der Waals surface area contributed by atoms with Crippen molar-refractivity contribution in [1.82, 2.24) is 5.32 Å². The maximum absolute atomic E-state index is 11.6. The zero-order chi connectivity index (χ0) is 12.0. The Morgan fingerprint density at radius 2 is 2.31 bits per heavy atom. The van der Waals surface area contributed by atoms with Crippen molar-refractivity contribution in [3.05, 3.63) is 35.6 Å². The summed E-state index contributed by atoms with van der Waals surface area (Å²) in [6, 6.07) is -0.158. The maximum atomic E-state index is 11.6. The standard InChI is InChI=1S/C13H19NO2/c1-3-5-11-6-4-7-12(15)8-10(2)14-13(16)9-11/h4,7-10,15H,3,5-6H2,1-2H3,(H,14,16)/b7-4-,11-9-,12-8+. The molecule has 0 bridgehead atoms. The lowest BCUT2D eigenvalue weighted by Gasteiger charge is -2.11. The van der Waals surface area contributed by atoms with E-state index in [0.29, 0.717) is 6.42 Å². The molecule has 0 saturated carbocycles. The lowest BCUT2D eigenvalue weighted by molar-refractivity contribution is -0.116. The van der Waals surface area contributed by atoms with E-state index in [4.69, 9.17) is 0 Å². The third-order valence-electron chi connectivity index (χ3n) is 2.37. The number of hydrogen-bond donors (Lipinski definition) is 2. The van der Waals surface area contributed by atoms with Gasteiger partial charge in [0.15, 0.2) is 0 Å². The van der Waals surface area contributed by atoms with E-state index in [-0.39, 0.29) is 17.7 Å². The molecule has 1 heterocycles. The fraction of sp³-hybridized carbons (Fsp3) is 0.462. The molecule has 88 valence electrons. The van der Waals surface area contributed by atoms with Crippen molar-refractivity contribution >= 4 is 5.91 Å². The molecule has 1 atom stereocenters. The second-order valence-electron chi connectivity index (χ2n) is 4.05. The molecule has 1 unspecified atom stereocenters. The van der Waals surface area contributed by atoms with Gasteiger partial charge in [0.1, 0.15) is 5.76 Å². The van der Waals surface area contributed by atoms with E-state index < -0.39 is 0 Å². The molecule has 1 rings (SSSR count). The minimum absolute atomic E-state index is 0.0877. The first-order chi connectivity index (χ1) is 7.61. The fourth-order valence-corrected chi connectivity index (χ4v) is 1.69. The molecule has 1 amide bonds. The minimum Gasteiger partial charge on any atom is -0.508 e. The van der Waals surface area contributed by atoms with Crippen molar-refractivity contribution < 1.29 is 9.90 Å². The number of carbonyl (C=O) groups is 1. The Kier molecular flexibility index (Phi) is 4.83. The predicted molar refractivity (Wildman–Crippen MR) is 65.1 cm³/mol. The van der Waals surface area contributed by atoms with E-state index in [1.807, 2.05) is 13.0 Å². The maximum Gasteiger partial charge on any atom is 0.244 e. The van der Waals surface area contributed by atoms with Crippen LogP contribution in [0.1, 0.15) is 33.1 Å². The highest BCUT2D eigenvalue weighted by Gasteiger charge is 2.06. The van der Waals surface area contributed by atoms with Gasteiger partial charge in [-0.15, -0.1) is 0 Å². The third kappa shape index (κ3) is 4.34. The topological polar surface area (TPSA) is 49.3 Å². The Bertz CT molecular complexity index is 340. The van der Waals surface area contributed by atoms with Crippen LogP contribution in [-0.2, 0) is 4.79 Å². The molecular weight excluding hydrogens is 202 g/mol. The summed E-state index contributed by atoms with van der Waals surface area (Å²) in [5.74, 6) is 0.112. The van der Waals surface area contributed by atoms with Gasteiger partial charge in [-0.05, 0) is 31.9 Å². The van der Waals surface area contributed by atoms with Gasteiger partial charge in [-0.2, -0.15) is 0 Å². The highest BCUT2D eigenvalue weighted by atomic mass is 16.3. The Morgan fingerprint density at radius 1 is 1.56 bits per heavy atom. The molecule has 0 fully saturated rings. The second-order valence-corrected chi connectivity index (χ2v) is 4.05. The quantitative estimate of drug-likeness (QED) is 0.753. The summed E-state index contributed by atoms with van der Waals surface area (Å²) in [4.78, 5) is 11.6. The number of aliphatic hydroxyl groups is 1. The SMILES string of the molecule is CCC/C1=C/C(=O)NC(C)/C=C(O)\C=C/C1. The van der Waals surface area contributed by atoms with Crippen LogP contribution in [0.3, 0.4) is 0 Å². The van der Waals surface area contributed by atoms with Crippen molar-refractivity contribution in [2.75, 3.05) is 0 Å². The zero-order valence-corrected chi connectivity index (χ0v) is 9.86. The summed E-state index contributed by atoms with van der Waals surface area (Å²) in [5.41, 5.74) is 1.10. The summed E-state index contributed by atoms with van der Waals surface area (Å²) in [6.45, 7) is 3.91. The molecule has 3 heteroatoms. The van der Waals surface area contributed by atoms with Crippen molar-refractivity contribution in [2.45, 2.75) is 39.2 Å². The largest absolute Gasteiger partial charge is 0.508 e. The summed E-state index contributed by atoms with van der Waals surface area (Å²) in [7, 11) is 0.